The Hall–Kier alpha value is -0.220. The molecule has 2 atom stereocenters. The van der Waals surface area contributed by atoms with Crippen LogP contribution >= 0.6 is 12.6 Å². The van der Waals surface area contributed by atoms with Gasteiger partial charge in [0, 0.05) is 12.3 Å². The molecule has 1 aliphatic heterocycles. The van der Waals surface area contributed by atoms with Crippen LogP contribution in [0, 0.1) is 5.92 Å². The number of nitrogens with zero attached hydrogens (tertiary/aromatic N) is 1. The number of hydrogen-bond acceptors (Lipinski definition) is 4. The summed E-state index contributed by atoms with van der Waals surface area (Å²) in [5.74, 6) is 0.192. The van der Waals surface area contributed by atoms with Gasteiger partial charge in [0.2, 0.25) is 0 Å². The Morgan fingerprint density at radius 1 is 1.75 bits per heavy atom. The Bertz CT molecular complexity index is 172. The quantitative estimate of drug-likeness (QED) is 0.396. The number of oxime groups is 1. The summed E-state index contributed by atoms with van der Waals surface area (Å²) in [5.41, 5.74) is 0.743. The van der Waals surface area contributed by atoms with Gasteiger partial charge < -0.3 is 9.94 Å². The van der Waals surface area contributed by atoms with Gasteiger partial charge in [-0.2, -0.15) is 0 Å². The molecule has 1 N–H and O–H groups in total. The van der Waals surface area contributed by atoms with Gasteiger partial charge in [-0.15, -0.1) is 12.6 Å². The predicted octanol–water partition coefficient (Wildman–Crippen LogP) is 1.91. The highest BCUT2D eigenvalue weighted by Gasteiger charge is 2.28. The highest BCUT2D eigenvalue weighted by molar-refractivity contribution is 7.80. The van der Waals surface area contributed by atoms with Gasteiger partial charge in [-0.1, -0.05) is 18.5 Å². The molecule has 1 aliphatic rings. The van der Waals surface area contributed by atoms with Crippen molar-refractivity contribution in [1.29, 1.82) is 0 Å². The van der Waals surface area contributed by atoms with Crippen molar-refractivity contribution in [3.05, 3.63) is 0 Å². The fraction of sp³-hybridized carbons (Fsp3) is 0.875. The molecule has 2 unspecified atom stereocenters. The van der Waals surface area contributed by atoms with E-state index in [1.807, 2.05) is 0 Å². The first-order valence-corrected chi connectivity index (χ1v) is 4.81. The van der Waals surface area contributed by atoms with E-state index in [0.717, 1.165) is 25.0 Å². The normalized spacial score (nSPS) is 34.0. The van der Waals surface area contributed by atoms with E-state index in [4.69, 9.17) is 9.94 Å². The third-order valence-corrected chi connectivity index (χ3v) is 2.66. The molecule has 0 aromatic heterocycles. The molecule has 12 heavy (non-hydrogen) atoms. The Balaban J connectivity index is 2.60. The zero-order valence-electron chi connectivity index (χ0n) is 7.23. The summed E-state index contributed by atoms with van der Waals surface area (Å²) in [4.78, 5) is 0. The molecule has 1 fully saturated rings. The van der Waals surface area contributed by atoms with Gasteiger partial charge in [-0.25, -0.2) is 0 Å². The fourth-order valence-electron chi connectivity index (χ4n) is 1.49. The minimum Gasteiger partial charge on any atom is -0.411 e. The van der Waals surface area contributed by atoms with E-state index in [9.17, 15) is 0 Å². The molecule has 1 rings (SSSR count). The van der Waals surface area contributed by atoms with Crippen molar-refractivity contribution in [2.24, 2.45) is 11.1 Å². The van der Waals surface area contributed by atoms with Crippen LogP contribution < -0.4 is 0 Å². The lowest BCUT2D eigenvalue weighted by molar-refractivity contribution is 0.0757. The van der Waals surface area contributed by atoms with E-state index in [1.54, 1.807) is 0 Å². The minimum absolute atomic E-state index is 0.0930. The predicted molar refractivity (Wildman–Crippen MR) is 51.0 cm³/mol. The van der Waals surface area contributed by atoms with Crippen LogP contribution in [0.25, 0.3) is 0 Å². The molecule has 3 nitrogen and oxygen atoms in total. The molecular formula is C8H15NO2S. The second-order valence-electron chi connectivity index (χ2n) is 3.00. The number of hydrogen-bond donors (Lipinski definition) is 2. The first-order valence-electron chi connectivity index (χ1n) is 4.30. The molecule has 0 aromatic rings. The van der Waals surface area contributed by atoms with Crippen LogP contribution in [-0.2, 0) is 4.74 Å². The summed E-state index contributed by atoms with van der Waals surface area (Å²) in [6, 6.07) is 0. The van der Waals surface area contributed by atoms with E-state index in [-0.39, 0.29) is 11.4 Å². The Morgan fingerprint density at radius 2 is 2.50 bits per heavy atom. The van der Waals surface area contributed by atoms with Gasteiger partial charge >= 0.3 is 0 Å². The van der Waals surface area contributed by atoms with Gasteiger partial charge in [0.25, 0.3) is 0 Å². The molecular weight excluding hydrogens is 174 g/mol. The van der Waals surface area contributed by atoms with E-state index >= 15 is 0 Å². The molecule has 1 heterocycles. The first kappa shape index (κ1) is 9.86. The average molecular weight is 189 g/mol. The molecule has 0 bridgehead atoms. The monoisotopic (exact) mass is 189 g/mol. The van der Waals surface area contributed by atoms with E-state index in [2.05, 4.69) is 24.7 Å². The van der Waals surface area contributed by atoms with E-state index in [0.29, 0.717) is 6.61 Å². The minimum atomic E-state index is -0.0930. The van der Waals surface area contributed by atoms with Gasteiger partial charge in [-0.3, -0.25) is 0 Å². The van der Waals surface area contributed by atoms with Gasteiger partial charge in [-0.05, 0) is 6.42 Å². The number of ether oxygens (including phenoxy) is 1. The summed E-state index contributed by atoms with van der Waals surface area (Å²) < 4.78 is 5.35. The maximum atomic E-state index is 8.70. The molecule has 0 aliphatic carbocycles. The Morgan fingerprint density at radius 3 is 3.08 bits per heavy atom. The molecule has 1 saturated heterocycles. The van der Waals surface area contributed by atoms with Gasteiger partial charge in [0.1, 0.15) is 5.44 Å². The first-order chi connectivity index (χ1) is 5.79. The average Bonchev–Trinajstić information content (AvgIpc) is 2.09. The smallest absolute Gasteiger partial charge is 0.108 e. The molecule has 70 valence electrons. The topological polar surface area (TPSA) is 41.8 Å². The van der Waals surface area contributed by atoms with Crippen molar-refractivity contribution < 1.29 is 9.94 Å². The van der Waals surface area contributed by atoms with Crippen molar-refractivity contribution in [3.8, 4) is 0 Å². The maximum Gasteiger partial charge on any atom is 0.108 e. The highest BCUT2D eigenvalue weighted by atomic mass is 32.1. The van der Waals surface area contributed by atoms with Crippen LogP contribution in [0.15, 0.2) is 5.16 Å². The van der Waals surface area contributed by atoms with Crippen LogP contribution in [0.3, 0.4) is 0 Å². The molecule has 0 aromatic carbocycles. The summed E-state index contributed by atoms with van der Waals surface area (Å²) in [5, 5.41) is 12.0. The van der Waals surface area contributed by atoms with Crippen molar-refractivity contribution >= 4 is 18.3 Å². The van der Waals surface area contributed by atoms with Crippen molar-refractivity contribution in [3.63, 3.8) is 0 Å². The van der Waals surface area contributed by atoms with E-state index in [1.165, 1.54) is 0 Å². The van der Waals surface area contributed by atoms with Crippen LogP contribution in [0.1, 0.15) is 26.2 Å². The van der Waals surface area contributed by atoms with E-state index < -0.39 is 0 Å². The van der Waals surface area contributed by atoms with Crippen molar-refractivity contribution in [2.45, 2.75) is 31.6 Å². The lowest BCUT2D eigenvalue weighted by Crippen LogP contribution is -2.33. The summed E-state index contributed by atoms with van der Waals surface area (Å²) in [7, 11) is 0. The second-order valence-corrected chi connectivity index (χ2v) is 3.51. The SMILES string of the molecule is CCCC1/C(=N/O)CCOC1S. The molecule has 4 heteroatoms. The second kappa shape index (κ2) is 4.72. The molecule has 0 radical (unpaired) electrons. The van der Waals surface area contributed by atoms with Gasteiger partial charge in [0.15, 0.2) is 0 Å². The lowest BCUT2D eigenvalue weighted by Gasteiger charge is -2.28. The molecule has 0 amide bonds. The largest absolute Gasteiger partial charge is 0.411 e. The van der Waals surface area contributed by atoms with Crippen molar-refractivity contribution in [2.75, 3.05) is 6.61 Å². The number of thiol groups is 1. The summed E-state index contributed by atoms with van der Waals surface area (Å²) in [6.45, 7) is 2.72. The van der Waals surface area contributed by atoms with Crippen LogP contribution in [-0.4, -0.2) is 23.0 Å². The van der Waals surface area contributed by atoms with Crippen molar-refractivity contribution in [1.82, 2.24) is 0 Å². The fourth-order valence-corrected chi connectivity index (χ4v) is 1.92. The Kier molecular flexibility index (Phi) is 3.88. The Labute approximate surface area is 78.2 Å². The van der Waals surface area contributed by atoms with Crippen LogP contribution in [0.4, 0.5) is 0 Å². The zero-order valence-corrected chi connectivity index (χ0v) is 8.13. The summed E-state index contributed by atoms with van der Waals surface area (Å²) >= 11 is 4.29. The molecule has 0 spiro atoms. The third kappa shape index (κ3) is 2.14. The van der Waals surface area contributed by atoms with Crippen LogP contribution in [0.5, 0.6) is 0 Å². The maximum absolute atomic E-state index is 8.70. The third-order valence-electron chi connectivity index (χ3n) is 2.15. The zero-order chi connectivity index (χ0) is 8.97. The lowest BCUT2D eigenvalue weighted by atomic mass is 9.95. The highest BCUT2D eigenvalue weighted by Crippen LogP contribution is 2.25. The van der Waals surface area contributed by atoms with Crippen LogP contribution in [0.2, 0.25) is 0 Å². The standard InChI is InChI=1S/C8H15NO2S/c1-2-3-6-7(9-10)4-5-11-8(6)12/h6,8,10,12H,2-5H2,1H3/b9-7+. The molecule has 0 saturated carbocycles. The van der Waals surface area contributed by atoms with Gasteiger partial charge in [0.05, 0.1) is 12.3 Å². The number of rotatable bonds is 2. The summed E-state index contributed by atoms with van der Waals surface area (Å²) in [6.07, 6.45) is 2.77.